The van der Waals surface area contributed by atoms with E-state index in [0.717, 1.165) is 0 Å². The normalized spacial score (nSPS) is 16.0. The summed E-state index contributed by atoms with van der Waals surface area (Å²) in [5.41, 5.74) is 0.691. The van der Waals surface area contributed by atoms with E-state index in [-0.39, 0.29) is 6.61 Å². The molecule has 0 bridgehead atoms. The Bertz CT molecular complexity index is 444. The van der Waals surface area contributed by atoms with Gasteiger partial charge in [0.25, 0.3) is 0 Å². The Morgan fingerprint density at radius 3 is 2.47 bits per heavy atom. The maximum absolute atomic E-state index is 12.3. The van der Waals surface area contributed by atoms with Crippen molar-refractivity contribution in [1.29, 1.82) is 4.78 Å². The minimum Gasteiger partial charge on any atom is -0.392 e. The first-order valence-electron chi connectivity index (χ1n) is 4.77. The second-order valence-corrected chi connectivity index (χ2v) is 7.28. The van der Waals surface area contributed by atoms with Crippen LogP contribution >= 0.6 is 0 Å². The van der Waals surface area contributed by atoms with Crippen molar-refractivity contribution < 1.29 is 9.32 Å². The van der Waals surface area contributed by atoms with Gasteiger partial charge in [-0.1, -0.05) is 12.1 Å². The lowest BCUT2D eigenvalue weighted by Gasteiger charge is -2.22. The lowest BCUT2D eigenvalue weighted by molar-refractivity contribution is 0.281. The van der Waals surface area contributed by atoms with Gasteiger partial charge in [0.05, 0.1) is 16.3 Å². The highest BCUT2D eigenvalue weighted by molar-refractivity contribution is 7.93. The molecule has 0 radical (unpaired) electrons. The van der Waals surface area contributed by atoms with Gasteiger partial charge in [-0.05, 0) is 38.5 Å². The minimum atomic E-state index is -2.82. The van der Waals surface area contributed by atoms with Gasteiger partial charge in [0.15, 0.2) is 0 Å². The fourth-order valence-corrected chi connectivity index (χ4v) is 2.47. The molecule has 0 aliphatic heterocycles. The Morgan fingerprint density at radius 1 is 1.40 bits per heavy atom. The van der Waals surface area contributed by atoms with Crippen molar-refractivity contribution in [3.8, 4) is 0 Å². The van der Waals surface area contributed by atoms with Crippen LogP contribution in [0.15, 0.2) is 29.2 Å². The molecule has 4 heteroatoms. The van der Waals surface area contributed by atoms with Gasteiger partial charge < -0.3 is 5.11 Å². The fraction of sp³-hybridized carbons (Fsp3) is 0.455. The van der Waals surface area contributed by atoms with E-state index in [4.69, 9.17) is 9.89 Å². The van der Waals surface area contributed by atoms with Gasteiger partial charge in [-0.2, -0.15) is 0 Å². The minimum absolute atomic E-state index is 0.0898. The smallest absolute Gasteiger partial charge is 0.0776 e. The summed E-state index contributed by atoms with van der Waals surface area (Å²) in [5, 5.41) is 8.98. The largest absolute Gasteiger partial charge is 0.392 e. The molecule has 0 spiro atoms. The maximum Gasteiger partial charge on any atom is 0.0776 e. The third-order valence-electron chi connectivity index (χ3n) is 2.28. The van der Waals surface area contributed by atoms with E-state index in [1.54, 1.807) is 45.0 Å². The Hall–Kier alpha value is -0.870. The van der Waals surface area contributed by atoms with E-state index in [1.807, 2.05) is 0 Å². The predicted octanol–water partition coefficient (Wildman–Crippen LogP) is 2.38. The van der Waals surface area contributed by atoms with Crippen LogP contribution < -0.4 is 0 Å². The van der Waals surface area contributed by atoms with Crippen LogP contribution in [0, 0.1) is 4.78 Å². The number of aliphatic hydroxyl groups excluding tert-OH is 1. The molecule has 15 heavy (non-hydrogen) atoms. The molecule has 3 nitrogen and oxygen atoms in total. The highest BCUT2D eigenvalue weighted by atomic mass is 32.2. The molecule has 1 unspecified atom stereocenters. The lowest BCUT2D eigenvalue weighted by atomic mass is 10.2. The number of rotatable bonds is 2. The Labute approximate surface area is 91.1 Å². The van der Waals surface area contributed by atoms with Crippen molar-refractivity contribution >= 4 is 9.73 Å². The number of nitrogens with one attached hydrogen (secondary N) is 1. The van der Waals surface area contributed by atoms with Crippen LogP contribution in [0.3, 0.4) is 0 Å². The topological polar surface area (TPSA) is 61.2 Å². The molecule has 0 heterocycles. The summed E-state index contributed by atoms with van der Waals surface area (Å²) in [5.74, 6) is 0. The summed E-state index contributed by atoms with van der Waals surface area (Å²) in [6, 6.07) is 6.79. The Kier molecular flexibility index (Phi) is 3.21. The summed E-state index contributed by atoms with van der Waals surface area (Å²) in [4.78, 5) is 0.488. The van der Waals surface area contributed by atoms with Gasteiger partial charge in [-0.25, -0.2) is 8.99 Å². The summed E-state index contributed by atoms with van der Waals surface area (Å²) in [6.45, 7) is 5.27. The van der Waals surface area contributed by atoms with Crippen molar-refractivity contribution in [3.05, 3.63) is 29.8 Å². The first-order chi connectivity index (χ1) is 6.79. The highest BCUT2D eigenvalue weighted by Crippen LogP contribution is 2.26. The molecule has 1 aromatic rings. The van der Waals surface area contributed by atoms with E-state index in [1.165, 1.54) is 0 Å². The number of benzene rings is 1. The summed E-state index contributed by atoms with van der Waals surface area (Å²) in [6.07, 6.45) is 0. The lowest BCUT2D eigenvalue weighted by Crippen LogP contribution is -2.26. The van der Waals surface area contributed by atoms with E-state index in [2.05, 4.69) is 0 Å². The standard InChI is InChI=1S/C11H17NO2S/c1-11(2,3)15(12,14)10-6-4-5-9(7-10)8-13/h4-7,12-13H,8H2,1-3H3. The zero-order valence-electron chi connectivity index (χ0n) is 9.28. The van der Waals surface area contributed by atoms with E-state index >= 15 is 0 Å². The molecule has 84 valence electrons. The fourth-order valence-electron chi connectivity index (χ4n) is 1.18. The molecule has 0 aliphatic carbocycles. The maximum atomic E-state index is 12.3. The zero-order valence-corrected chi connectivity index (χ0v) is 10.1. The molecule has 1 aromatic carbocycles. The van der Waals surface area contributed by atoms with Crippen molar-refractivity contribution in [3.63, 3.8) is 0 Å². The second kappa shape index (κ2) is 3.94. The molecule has 2 N–H and O–H groups in total. The number of hydrogen-bond donors (Lipinski definition) is 2. The van der Waals surface area contributed by atoms with E-state index in [9.17, 15) is 4.21 Å². The molecule has 0 saturated carbocycles. The van der Waals surface area contributed by atoms with Crippen molar-refractivity contribution in [2.24, 2.45) is 0 Å². The second-order valence-electron chi connectivity index (χ2n) is 4.47. The molecule has 0 amide bonds. The Balaban J connectivity index is 3.29. The van der Waals surface area contributed by atoms with Crippen LogP contribution in [0.4, 0.5) is 0 Å². The van der Waals surface area contributed by atoms with Crippen molar-refractivity contribution in [2.75, 3.05) is 0 Å². The Morgan fingerprint density at radius 2 is 2.00 bits per heavy atom. The van der Waals surface area contributed by atoms with Crippen LogP contribution in [-0.4, -0.2) is 14.1 Å². The first kappa shape index (κ1) is 12.2. The van der Waals surface area contributed by atoms with Crippen LogP contribution in [0.25, 0.3) is 0 Å². The molecule has 0 aliphatic rings. The average Bonchev–Trinajstić information content (AvgIpc) is 2.16. The number of hydrogen-bond acceptors (Lipinski definition) is 3. The third-order valence-corrected chi connectivity index (χ3v) is 4.92. The average molecular weight is 227 g/mol. The van der Waals surface area contributed by atoms with Crippen LogP contribution in [0.1, 0.15) is 26.3 Å². The monoisotopic (exact) mass is 227 g/mol. The SMILES string of the molecule is CC(C)(C)S(=N)(=O)c1cccc(CO)c1. The van der Waals surface area contributed by atoms with Crippen molar-refractivity contribution in [1.82, 2.24) is 0 Å². The molecule has 0 aromatic heterocycles. The van der Waals surface area contributed by atoms with Gasteiger partial charge >= 0.3 is 0 Å². The van der Waals surface area contributed by atoms with Crippen LogP contribution in [0.2, 0.25) is 0 Å². The summed E-state index contributed by atoms with van der Waals surface area (Å²) in [7, 11) is -2.82. The van der Waals surface area contributed by atoms with E-state index in [0.29, 0.717) is 10.5 Å². The predicted molar refractivity (Wildman–Crippen MR) is 61.2 cm³/mol. The quantitative estimate of drug-likeness (QED) is 0.815. The molecular formula is C11H17NO2S. The van der Waals surface area contributed by atoms with Crippen molar-refractivity contribution in [2.45, 2.75) is 37.0 Å². The van der Waals surface area contributed by atoms with Gasteiger partial charge in [-0.3, -0.25) is 0 Å². The summed E-state index contributed by atoms with van der Waals surface area (Å²) < 4.78 is 19.6. The zero-order chi connectivity index (χ0) is 11.7. The molecule has 1 rings (SSSR count). The molecule has 1 atom stereocenters. The highest BCUT2D eigenvalue weighted by Gasteiger charge is 2.26. The molecule has 0 fully saturated rings. The van der Waals surface area contributed by atoms with Crippen LogP contribution in [0.5, 0.6) is 0 Å². The van der Waals surface area contributed by atoms with Gasteiger partial charge in [0.2, 0.25) is 0 Å². The van der Waals surface area contributed by atoms with Gasteiger partial charge in [0, 0.05) is 9.64 Å². The summed E-state index contributed by atoms with van der Waals surface area (Å²) >= 11 is 0. The number of aliphatic hydroxyl groups is 1. The molecule has 0 saturated heterocycles. The van der Waals surface area contributed by atoms with Gasteiger partial charge in [-0.15, -0.1) is 0 Å². The van der Waals surface area contributed by atoms with Crippen LogP contribution in [-0.2, 0) is 16.3 Å². The first-order valence-corrected chi connectivity index (χ1v) is 6.33. The third kappa shape index (κ3) is 2.38. The molecular weight excluding hydrogens is 210 g/mol. The van der Waals surface area contributed by atoms with Gasteiger partial charge in [0.1, 0.15) is 0 Å². The van der Waals surface area contributed by atoms with E-state index < -0.39 is 14.5 Å².